The standard InChI is InChI=1S/C21H14ClF3N4O5/c1-27-10-26-14-7-12(5-6-15(14)27)28-9-16(34-20(32)33)18(30)29(19(28)31)8-11-3-2-4-13(17(11)22)21(23,24)25/h2-7,9-10H,8H2,1H3,(H,32,33). The van der Waals surface area contributed by atoms with Crippen molar-refractivity contribution >= 4 is 28.8 Å². The van der Waals surface area contributed by atoms with Gasteiger partial charge in [-0.05, 0) is 29.8 Å². The fourth-order valence-electron chi connectivity index (χ4n) is 3.43. The number of imidazole rings is 1. The Bertz CT molecular complexity index is 1560. The summed E-state index contributed by atoms with van der Waals surface area (Å²) in [5, 5.41) is 8.31. The van der Waals surface area contributed by atoms with Crippen LogP contribution in [0.3, 0.4) is 0 Å². The van der Waals surface area contributed by atoms with Gasteiger partial charge in [0, 0.05) is 7.05 Å². The SMILES string of the molecule is Cn1cnc2cc(-n3cc(OC(=O)O)c(=O)n(Cc4cccc(C(F)(F)F)c4Cl)c3=O)ccc21. The molecular formula is C21H14ClF3N4O5. The van der Waals surface area contributed by atoms with E-state index < -0.39 is 46.5 Å². The number of hydrogen-bond acceptors (Lipinski definition) is 5. The lowest BCUT2D eigenvalue weighted by Gasteiger charge is -2.15. The number of aromatic nitrogens is 4. The molecule has 0 amide bonds. The molecule has 0 fully saturated rings. The highest BCUT2D eigenvalue weighted by Crippen LogP contribution is 2.36. The zero-order valence-corrected chi connectivity index (χ0v) is 18.0. The van der Waals surface area contributed by atoms with E-state index in [2.05, 4.69) is 9.72 Å². The van der Waals surface area contributed by atoms with Gasteiger partial charge < -0.3 is 14.4 Å². The fraction of sp³-hybridized carbons (Fsp3) is 0.143. The Hall–Kier alpha value is -4.06. The molecule has 1 N–H and O–H groups in total. The molecule has 4 aromatic rings. The zero-order chi connectivity index (χ0) is 24.8. The van der Waals surface area contributed by atoms with Gasteiger partial charge in [-0.3, -0.25) is 13.9 Å². The topological polar surface area (TPSA) is 108 Å². The van der Waals surface area contributed by atoms with Crippen LogP contribution in [0.2, 0.25) is 5.02 Å². The minimum absolute atomic E-state index is 0.171. The highest BCUT2D eigenvalue weighted by Gasteiger charge is 2.34. The lowest BCUT2D eigenvalue weighted by Crippen LogP contribution is -2.40. The molecule has 0 radical (unpaired) electrons. The highest BCUT2D eigenvalue weighted by atomic mass is 35.5. The van der Waals surface area contributed by atoms with Gasteiger partial charge in [0.15, 0.2) is 0 Å². The minimum Gasteiger partial charge on any atom is -0.449 e. The molecular weight excluding hydrogens is 481 g/mol. The Morgan fingerprint density at radius 2 is 1.94 bits per heavy atom. The van der Waals surface area contributed by atoms with E-state index in [1.165, 1.54) is 18.2 Å². The van der Waals surface area contributed by atoms with Crippen LogP contribution in [0.5, 0.6) is 5.75 Å². The van der Waals surface area contributed by atoms with Crippen LogP contribution in [0.25, 0.3) is 16.7 Å². The maximum Gasteiger partial charge on any atom is 0.511 e. The third kappa shape index (κ3) is 4.15. The fourth-order valence-corrected chi connectivity index (χ4v) is 3.72. The number of carbonyl (C=O) groups is 1. The summed E-state index contributed by atoms with van der Waals surface area (Å²) < 4.78 is 47.5. The molecule has 0 saturated heterocycles. The molecule has 0 aliphatic heterocycles. The van der Waals surface area contributed by atoms with E-state index in [0.717, 1.165) is 28.4 Å². The largest absolute Gasteiger partial charge is 0.511 e. The molecule has 2 aromatic carbocycles. The van der Waals surface area contributed by atoms with E-state index in [4.69, 9.17) is 16.7 Å². The Morgan fingerprint density at radius 1 is 1.21 bits per heavy atom. The van der Waals surface area contributed by atoms with E-state index in [9.17, 15) is 27.6 Å². The number of benzene rings is 2. The number of rotatable bonds is 4. The van der Waals surface area contributed by atoms with Crippen molar-refractivity contribution < 1.29 is 27.8 Å². The van der Waals surface area contributed by atoms with Crippen LogP contribution in [-0.2, 0) is 19.8 Å². The number of halogens is 4. The number of carboxylic acid groups (broad SMARTS) is 1. The Labute approximate surface area is 192 Å². The molecule has 0 aliphatic rings. The Balaban J connectivity index is 1.91. The molecule has 2 aromatic heterocycles. The Morgan fingerprint density at radius 3 is 2.62 bits per heavy atom. The van der Waals surface area contributed by atoms with Crippen molar-refractivity contribution in [3.63, 3.8) is 0 Å². The number of alkyl halides is 3. The summed E-state index contributed by atoms with van der Waals surface area (Å²) in [6, 6.07) is 7.77. The molecule has 9 nitrogen and oxygen atoms in total. The highest BCUT2D eigenvalue weighted by molar-refractivity contribution is 6.32. The van der Waals surface area contributed by atoms with Crippen molar-refractivity contribution in [1.82, 2.24) is 18.7 Å². The van der Waals surface area contributed by atoms with Crippen LogP contribution in [0.4, 0.5) is 18.0 Å². The van der Waals surface area contributed by atoms with Gasteiger partial charge in [0.05, 0.1) is 46.4 Å². The maximum atomic E-state index is 13.2. The number of nitrogens with zero attached hydrogens (tertiary/aromatic N) is 4. The van der Waals surface area contributed by atoms with E-state index in [0.29, 0.717) is 10.1 Å². The first-order valence-corrected chi connectivity index (χ1v) is 9.88. The quantitative estimate of drug-likeness (QED) is 0.434. The van der Waals surface area contributed by atoms with Crippen LogP contribution >= 0.6 is 11.6 Å². The monoisotopic (exact) mass is 494 g/mol. The van der Waals surface area contributed by atoms with Gasteiger partial charge >= 0.3 is 18.0 Å². The van der Waals surface area contributed by atoms with Gasteiger partial charge in [-0.15, -0.1) is 0 Å². The van der Waals surface area contributed by atoms with Crippen LogP contribution in [0, 0.1) is 0 Å². The molecule has 13 heteroatoms. The van der Waals surface area contributed by atoms with Crippen LogP contribution < -0.4 is 16.0 Å². The van der Waals surface area contributed by atoms with Gasteiger partial charge in [-0.2, -0.15) is 13.2 Å². The average molecular weight is 495 g/mol. The molecule has 0 unspecified atom stereocenters. The Kier molecular flexibility index (Phi) is 5.69. The normalized spacial score (nSPS) is 11.7. The summed E-state index contributed by atoms with van der Waals surface area (Å²) in [6.07, 6.45) is -4.13. The van der Waals surface area contributed by atoms with Gasteiger partial charge in [0.1, 0.15) is 0 Å². The van der Waals surface area contributed by atoms with Gasteiger partial charge in [-0.25, -0.2) is 14.6 Å². The van der Waals surface area contributed by atoms with Crippen LogP contribution in [0.15, 0.2) is 58.5 Å². The summed E-state index contributed by atoms with van der Waals surface area (Å²) in [5.41, 5.74) is -1.96. The van der Waals surface area contributed by atoms with Crippen molar-refractivity contribution in [2.24, 2.45) is 7.05 Å². The summed E-state index contributed by atoms with van der Waals surface area (Å²) in [6.45, 7) is -0.664. The summed E-state index contributed by atoms with van der Waals surface area (Å²) in [7, 11) is 1.76. The molecule has 2 heterocycles. The lowest BCUT2D eigenvalue weighted by atomic mass is 10.1. The first kappa shape index (κ1) is 23.1. The van der Waals surface area contributed by atoms with E-state index in [1.807, 2.05) is 0 Å². The van der Waals surface area contributed by atoms with E-state index in [1.54, 1.807) is 24.0 Å². The number of aryl methyl sites for hydroxylation is 1. The molecule has 0 spiro atoms. The molecule has 0 bridgehead atoms. The maximum absolute atomic E-state index is 13.2. The molecule has 176 valence electrons. The van der Waals surface area contributed by atoms with Gasteiger partial charge in [0.25, 0.3) is 5.56 Å². The molecule has 0 atom stereocenters. The third-order valence-corrected chi connectivity index (χ3v) is 5.48. The molecule has 0 saturated carbocycles. The van der Waals surface area contributed by atoms with Crippen LogP contribution in [-0.4, -0.2) is 29.9 Å². The van der Waals surface area contributed by atoms with Gasteiger partial charge in [0.2, 0.25) is 5.75 Å². The minimum atomic E-state index is -4.76. The van der Waals surface area contributed by atoms with Crippen molar-refractivity contribution in [3.05, 3.63) is 85.9 Å². The predicted molar refractivity (Wildman–Crippen MR) is 115 cm³/mol. The molecule has 4 rings (SSSR count). The van der Waals surface area contributed by atoms with E-state index in [-0.39, 0.29) is 11.3 Å². The number of hydrogen-bond donors (Lipinski definition) is 1. The molecule has 0 aliphatic carbocycles. The van der Waals surface area contributed by atoms with E-state index >= 15 is 0 Å². The number of fused-ring (bicyclic) bond motifs is 1. The average Bonchev–Trinajstić information content (AvgIpc) is 3.13. The van der Waals surface area contributed by atoms with Gasteiger partial charge in [-0.1, -0.05) is 23.7 Å². The number of ether oxygens (including phenoxy) is 1. The second kappa shape index (κ2) is 8.37. The summed E-state index contributed by atoms with van der Waals surface area (Å²) in [5.74, 6) is -0.726. The first-order valence-electron chi connectivity index (χ1n) is 9.50. The zero-order valence-electron chi connectivity index (χ0n) is 17.2. The van der Waals surface area contributed by atoms with Crippen molar-refractivity contribution in [3.8, 4) is 11.4 Å². The van der Waals surface area contributed by atoms with Crippen molar-refractivity contribution in [2.45, 2.75) is 12.7 Å². The molecule has 34 heavy (non-hydrogen) atoms. The lowest BCUT2D eigenvalue weighted by molar-refractivity contribution is -0.137. The smallest absolute Gasteiger partial charge is 0.449 e. The second-order valence-corrected chi connectivity index (χ2v) is 7.59. The van der Waals surface area contributed by atoms with Crippen LogP contribution in [0.1, 0.15) is 11.1 Å². The summed E-state index contributed by atoms with van der Waals surface area (Å²) in [4.78, 5) is 41.3. The first-order chi connectivity index (χ1) is 16.0. The predicted octanol–water partition coefficient (Wildman–Crippen LogP) is 3.66. The van der Waals surface area contributed by atoms with Crippen molar-refractivity contribution in [1.29, 1.82) is 0 Å². The summed E-state index contributed by atoms with van der Waals surface area (Å²) >= 11 is 5.92. The third-order valence-electron chi connectivity index (χ3n) is 5.04. The second-order valence-electron chi connectivity index (χ2n) is 7.21. The van der Waals surface area contributed by atoms with Crippen molar-refractivity contribution in [2.75, 3.05) is 0 Å².